The maximum absolute atomic E-state index is 12.3. The Morgan fingerprint density at radius 3 is 2.52 bits per heavy atom. The normalized spacial score (nSPS) is 16.5. The summed E-state index contributed by atoms with van der Waals surface area (Å²) in [5, 5.41) is 9.41. The highest BCUT2D eigenvalue weighted by atomic mass is 16.6. The zero-order valence-corrected chi connectivity index (χ0v) is 12.5. The Bertz CT molecular complexity index is 714. The van der Waals surface area contributed by atoms with E-state index in [1.54, 1.807) is 6.07 Å². The molecule has 1 aliphatic heterocycles. The van der Waals surface area contributed by atoms with E-state index in [9.17, 15) is 14.7 Å². The lowest BCUT2D eigenvalue weighted by molar-refractivity contribution is -0.139. The number of rotatable bonds is 3. The maximum Gasteiger partial charge on any atom is 0.410 e. The molecule has 0 saturated heterocycles. The van der Waals surface area contributed by atoms with E-state index in [0.29, 0.717) is 6.54 Å². The van der Waals surface area contributed by atoms with Gasteiger partial charge in [0.15, 0.2) is 0 Å². The van der Waals surface area contributed by atoms with E-state index >= 15 is 0 Å². The van der Waals surface area contributed by atoms with E-state index < -0.39 is 18.0 Å². The standard InChI is InChI=1S/C18H17NO4/c20-17(21)16-11-19(10-14-8-4-5-9-15(14)16)18(22)23-12-13-6-2-1-3-7-13/h1-9,16H,10-12H2,(H,20,21)/t16-/m0/s1. The molecule has 5 heteroatoms. The van der Waals surface area contributed by atoms with Gasteiger partial charge in [-0.2, -0.15) is 0 Å². The van der Waals surface area contributed by atoms with Gasteiger partial charge in [0.05, 0.1) is 5.92 Å². The van der Waals surface area contributed by atoms with Crippen LogP contribution in [0.2, 0.25) is 0 Å². The molecule has 1 aliphatic rings. The molecule has 2 aromatic carbocycles. The van der Waals surface area contributed by atoms with Gasteiger partial charge in [-0.05, 0) is 16.7 Å². The highest BCUT2D eigenvalue weighted by Crippen LogP contribution is 2.28. The van der Waals surface area contributed by atoms with E-state index in [2.05, 4.69) is 0 Å². The first kappa shape index (κ1) is 15.1. The Balaban J connectivity index is 1.71. The van der Waals surface area contributed by atoms with Gasteiger partial charge in [-0.15, -0.1) is 0 Å². The summed E-state index contributed by atoms with van der Waals surface area (Å²) in [5.74, 6) is -1.65. The summed E-state index contributed by atoms with van der Waals surface area (Å²) in [6, 6.07) is 16.7. The summed E-state index contributed by atoms with van der Waals surface area (Å²) < 4.78 is 5.30. The summed E-state index contributed by atoms with van der Waals surface area (Å²) in [6.07, 6.45) is -0.491. The van der Waals surface area contributed by atoms with E-state index in [1.807, 2.05) is 48.5 Å². The molecular weight excluding hydrogens is 294 g/mol. The van der Waals surface area contributed by atoms with Crippen molar-refractivity contribution in [1.82, 2.24) is 4.90 Å². The molecular formula is C18H17NO4. The molecule has 1 amide bonds. The van der Waals surface area contributed by atoms with Crippen LogP contribution in [-0.4, -0.2) is 28.6 Å². The molecule has 0 aliphatic carbocycles. The Kier molecular flexibility index (Phi) is 4.28. The lowest BCUT2D eigenvalue weighted by atomic mass is 9.90. The van der Waals surface area contributed by atoms with Crippen LogP contribution in [0.5, 0.6) is 0 Å². The van der Waals surface area contributed by atoms with Gasteiger partial charge in [-0.1, -0.05) is 54.6 Å². The molecule has 0 saturated carbocycles. The summed E-state index contributed by atoms with van der Waals surface area (Å²) in [7, 11) is 0. The first-order valence-corrected chi connectivity index (χ1v) is 7.41. The quantitative estimate of drug-likeness (QED) is 0.946. The molecule has 5 nitrogen and oxygen atoms in total. The fourth-order valence-corrected chi connectivity index (χ4v) is 2.77. The number of benzene rings is 2. The number of carbonyl (C=O) groups excluding carboxylic acids is 1. The van der Waals surface area contributed by atoms with Gasteiger partial charge in [0, 0.05) is 13.1 Å². The molecule has 3 rings (SSSR count). The number of aliphatic carboxylic acids is 1. The van der Waals surface area contributed by atoms with E-state index in [1.165, 1.54) is 4.90 Å². The number of nitrogens with zero attached hydrogens (tertiary/aromatic N) is 1. The second kappa shape index (κ2) is 6.52. The Hall–Kier alpha value is -2.82. The van der Waals surface area contributed by atoms with Crippen molar-refractivity contribution in [2.24, 2.45) is 0 Å². The fourth-order valence-electron chi connectivity index (χ4n) is 2.77. The van der Waals surface area contributed by atoms with Crippen LogP contribution in [0.3, 0.4) is 0 Å². The molecule has 1 atom stereocenters. The Morgan fingerprint density at radius 1 is 1.09 bits per heavy atom. The van der Waals surface area contributed by atoms with Gasteiger partial charge in [-0.25, -0.2) is 4.79 Å². The maximum atomic E-state index is 12.3. The third-order valence-electron chi connectivity index (χ3n) is 3.96. The van der Waals surface area contributed by atoms with Crippen LogP contribution in [0, 0.1) is 0 Å². The van der Waals surface area contributed by atoms with Crippen molar-refractivity contribution in [1.29, 1.82) is 0 Å². The fraction of sp³-hybridized carbons (Fsp3) is 0.222. The van der Waals surface area contributed by atoms with Crippen molar-refractivity contribution in [3.8, 4) is 0 Å². The van der Waals surface area contributed by atoms with Gasteiger partial charge in [-0.3, -0.25) is 4.79 Å². The van der Waals surface area contributed by atoms with E-state index in [0.717, 1.165) is 16.7 Å². The van der Waals surface area contributed by atoms with Crippen LogP contribution in [0.15, 0.2) is 54.6 Å². The molecule has 0 spiro atoms. The lowest BCUT2D eigenvalue weighted by Crippen LogP contribution is -2.40. The van der Waals surface area contributed by atoms with Gasteiger partial charge in [0.25, 0.3) is 0 Å². The van der Waals surface area contributed by atoms with Crippen molar-refractivity contribution in [2.75, 3.05) is 6.54 Å². The second-order valence-corrected chi connectivity index (χ2v) is 5.51. The van der Waals surface area contributed by atoms with Gasteiger partial charge in [0.2, 0.25) is 0 Å². The lowest BCUT2D eigenvalue weighted by Gasteiger charge is -2.32. The predicted octanol–water partition coefficient (Wildman–Crippen LogP) is 3.01. The average Bonchev–Trinajstić information content (AvgIpc) is 2.59. The highest BCUT2D eigenvalue weighted by Gasteiger charge is 2.32. The summed E-state index contributed by atoms with van der Waals surface area (Å²) in [6.45, 7) is 0.670. The molecule has 0 bridgehead atoms. The number of hydrogen-bond acceptors (Lipinski definition) is 3. The van der Waals surface area contributed by atoms with E-state index in [4.69, 9.17) is 4.74 Å². The van der Waals surface area contributed by atoms with Crippen LogP contribution < -0.4 is 0 Å². The van der Waals surface area contributed by atoms with Crippen molar-refractivity contribution in [2.45, 2.75) is 19.1 Å². The highest BCUT2D eigenvalue weighted by molar-refractivity contribution is 5.79. The molecule has 0 unspecified atom stereocenters. The van der Waals surface area contributed by atoms with E-state index in [-0.39, 0.29) is 13.2 Å². The summed E-state index contributed by atoms with van der Waals surface area (Å²) >= 11 is 0. The van der Waals surface area contributed by atoms with Crippen LogP contribution in [0.25, 0.3) is 0 Å². The summed E-state index contributed by atoms with van der Waals surface area (Å²) in [4.78, 5) is 25.2. The second-order valence-electron chi connectivity index (χ2n) is 5.51. The molecule has 1 N–H and O–H groups in total. The van der Waals surface area contributed by atoms with Crippen LogP contribution in [0.4, 0.5) is 4.79 Å². The first-order valence-electron chi connectivity index (χ1n) is 7.41. The molecule has 0 radical (unpaired) electrons. The molecule has 0 fully saturated rings. The van der Waals surface area contributed by atoms with Gasteiger partial charge in [0.1, 0.15) is 6.61 Å². The molecule has 23 heavy (non-hydrogen) atoms. The van der Waals surface area contributed by atoms with Crippen LogP contribution in [-0.2, 0) is 22.7 Å². The Labute approximate surface area is 134 Å². The predicted molar refractivity (Wildman–Crippen MR) is 83.9 cm³/mol. The SMILES string of the molecule is O=C(O)[C@H]1CN(C(=O)OCc2ccccc2)Cc2ccccc21. The molecule has 118 valence electrons. The topological polar surface area (TPSA) is 66.8 Å². The van der Waals surface area contributed by atoms with Gasteiger partial charge < -0.3 is 14.7 Å². The molecule has 1 heterocycles. The van der Waals surface area contributed by atoms with Crippen molar-refractivity contribution >= 4 is 12.1 Å². The minimum absolute atomic E-state index is 0.125. The number of fused-ring (bicyclic) bond motifs is 1. The van der Waals surface area contributed by atoms with Crippen molar-refractivity contribution < 1.29 is 19.4 Å². The third kappa shape index (κ3) is 3.34. The Morgan fingerprint density at radius 2 is 1.78 bits per heavy atom. The smallest absolute Gasteiger partial charge is 0.410 e. The minimum atomic E-state index is -0.932. The third-order valence-corrected chi connectivity index (χ3v) is 3.96. The number of amides is 1. The van der Waals surface area contributed by atoms with Crippen molar-refractivity contribution in [3.05, 3.63) is 71.3 Å². The number of carboxylic acid groups (broad SMARTS) is 1. The molecule has 2 aromatic rings. The zero-order valence-electron chi connectivity index (χ0n) is 12.5. The zero-order chi connectivity index (χ0) is 16.2. The first-order chi connectivity index (χ1) is 11.1. The van der Waals surface area contributed by atoms with Crippen LogP contribution in [0.1, 0.15) is 22.6 Å². The largest absolute Gasteiger partial charge is 0.481 e. The summed E-state index contributed by atoms with van der Waals surface area (Å²) in [5.41, 5.74) is 2.52. The average molecular weight is 311 g/mol. The van der Waals surface area contributed by atoms with Gasteiger partial charge >= 0.3 is 12.1 Å². The number of carboxylic acids is 1. The number of hydrogen-bond donors (Lipinski definition) is 1. The molecule has 0 aromatic heterocycles. The monoisotopic (exact) mass is 311 g/mol. The minimum Gasteiger partial charge on any atom is -0.481 e. The van der Waals surface area contributed by atoms with Crippen LogP contribution >= 0.6 is 0 Å². The number of carbonyl (C=O) groups is 2. The van der Waals surface area contributed by atoms with Crippen molar-refractivity contribution in [3.63, 3.8) is 0 Å². The number of ether oxygens (including phenoxy) is 1.